The summed E-state index contributed by atoms with van der Waals surface area (Å²) in [5.74, 6) is 0. The van der Waals surface area contributed by atoms with Gasteiger partial charge in [-0.2, -0.15) is 18.3 Å². The van der Waals surface area contributed by atoms with E-state index in [0.29, 0.717) is 4.68 Å². The van der Waals surface area contributed by atoms with Crippen LogP contribution in [0.25, 0.3) is 0 Å². The van der Waals surface area contributed by atoms with E-state index in [0.717, 1.165) is 7.05 Å². The number of hydrogen-bond donors (Lipinski definition) is 0. The summed E-state index contributed by atoms with van der Waals surface area (Å²) < 4.78 is 37.4. The fourth-order valence-corrected chi connectivity index (χ4v) is 1.07. The maximum absolute atomic E-state index is 12.2. The van der Waals surface area contributed by atoms with Crippen molar-refractivity contribution in [2.24, 2.45) is 12.2 Å². The van der Waals surface area contributed by atoms with Crippen LogP contribution in [0.5, 0.6) is 0 Å². The standard InChI is InChI=1S/C6H6F3N3O/c1-3-4(11-13)5(6(7,8)9)12(2)10-3/h1-2H3. The predicted octanol–water partition coefficient (Wildman–Crippen LogP) is 2.15. The third-order valence-electron chi connectivity index (χ3n) is 1.55. The summed E-state index contributed by atoms with van der Waals surface area (Å²) in [6.45, 7) is 1.30. The molecule has 7 heteroatoms. The average Bonchev–Trinajstić information content (AvgIpc) is 2.23. The van der Waals surface area contributed by atoms with E-state index in [9.17, 15) is 18.1 Å². The van der Waals surface area contributed by atoms with Crippen molar-refractivity contribution in [2.75, 3.05) is 0 Å². The zero-order chi connectivity index (χ0) is 10.2. The zero-order valence-electron chi connectivity index (χ0n) is 6.88. The lowest BCUT2D eigenvalue weighted by molar-refractivity contribution is -0.143. The molecule has 0 amide bonds. The molecule has 0 radical (unpaired) electrons. The van der Waals surface area contributed by atoms with E-state index in [1.54, 1.807) is 0 Å². The Morgan fingerprint density at radius 1 is 1.46 bits per heavy atom. The van der Waals surface area contributed by atoms with Crippen molar-refractivity contribution in [1.82, 2.24) is 9.78 Å². The van der Waals surface area contributed by atoms with Crippen molar-refractivity contribution in [3.05, 3.63) is 16.3 Å². The van der Waals surface area contributed by atoms with Gasteiger partial charge in [-0.3, -0.25) is 4.68 Å². The molecule has 1 heterocycles. The highest BCUT2D eigenvalue weighted by Crippen LogP contribution is 2.37. The van der Waals surface area contributed by atoms with Crippen LogP contribution in [0.15, 0.2) is 5.18 Å². The Balaban J connectivity index is 3.42. The van der Waals surface area contributed by atoms with E-state index in [2.05, 4.69) is 10.3 Å². The molecule has 0 fully saturated rings. The Hall–Kier alpha value is -1.40. The van der Waals surface area contributed by atoms with E-state index in [1.165, 1.54) is 6.92 Å². The molecule has 0 aliphatic heterocycles. The van der Waals surface area contributed by atoms with Crippen molar-refractivity contribution in [2.45, 2.75) is 13.1 Å². The van der Waals surface area contributed by atoms with E-state index in [-0.39, 0.29) is 5.69 Å². The van der Waals surface area contributed by atoms with Crippen LogP contribution >= 0.6 is 0 Å². The Morgan fingerprint density at radius 2 is 2.00 bits per heavy atom. The van der Waals surface area contributed by atoms with Gasteiger partial charge in [0.2, 0.25) is 0 Å². The summed E-state index contributed by atoms with van der Waals surface area (Å²) in [5.41, 5.74) is -1.78. The van der Waals surface area contributed by atoms with Gasteiger partial charge in [0.15, 0.2) is 11.4 Å². The molecular weight excluding hydrogens is 187 g/mol. The molecule has 0 spiro atoms. The molecule has 1 rings (SSSR count). The lowest BCUT2D eigenvalue weighted by atomic mass is 10.3. The average molecular weight is 193 g/mol. The second-order valence-electron chi connectivity index (χ2n) is 2.50. The molecule has 0 aliphatic rings. The number of nitrogens with zero attached hydrogens (tertiary/aromatic N) is 3. The van der Waals surface area contributed by atoms with Crippen molar-refractivity contribution in [1.29, 1.82) is 0 Å². The first-order valence-corrected chi connectivity index (χ1v) is 3.32. The Bertz CT molecular complexity index is 342. The smallest absolute Gasteiger partial charge is 0.261 e. The Morgan fingerprint density at radius 3 is 2.31 bits per heavy atom. The number of aryl methyl sites for hydroxylation is 2. The van der Waals surface area contributed by atoms with Crippen molar-refractivity contribution in [3.63, 3.8) is 0 Å². The summed E-state index contributed by atoms with van der Waals surface area (Å²) in [6.07, 6.45) is -4.60. The van der Waals surface area contributed by atoms with Crippen LogP contribution in [0.1, 0.15) is 11.4 Å². The highest BCUT2D eigenvalue weighted by atomic mass is 19.4. The van der Waals surface area contributed by atoms with E-state index in [1.807, 2.05) is 0 Å². The molecule has 0 atom stereocenters. The first-order chi connectivity index (χ1) is 5.88. The lowest BCUT2D eigenvalue weighted by Crippen LogP contribution is -2.11. The van der Waals surface area contributed by atoms with Gasteiger partial charge in [0.25, 0.3) is 0 Å². The third-order valence-corrected chi connectivity index (χ3v) is 1.55. The Labute approximate surface area is 71.3 Å². The van der Waals surface area contributed by atoms with Crippen LogP contribution in [0.3, 0.4) is 0 Å². The number of halogens is 3. The number of alkyl halides is 3. The molecule has 0 bridgehead atoms. The summed E-state index contributed by atoms with van der Waals surface area (Å²) in [4.78, 5) is 10.1. The van der Waals surface area contributed by atoms with Crippen LogP contribution in [0, 0.1) is 11.8 Å². The topological polar surface area (TPSA) is 47.2 Å². The molecule has 0 saturated heterocycles. The van der Waals surface area contributed by atoms with Gasteiger partial charge in [-0.1, -0.05) is 0 Å². The number of hydrogen-bond acceptors (Lipinski definition) is 3. The molecule has 0 unspecified atom stereocenters. The minimum atomic E-state index is -4.60. The second kappa shape index (κ2) is 2.82. The zero-order valence-corrected chi connectivity index (χ0v) is 6.88. The van der Waals surface area contributed by atoms with Gasteiger partial charge in [-0.15, -0.1) is 4.91 Å². The van der Waals surface area contributed by atoms with Gasteiger partial charge in [0.05, 0.1) is 5.69 Å². The van der Waals surface area contributed by atoms with Gasteiger partial charge in [-0.05, 0) is 12.1 Å². The third kappa shape index (κ3) is 1.53. The summed E-state index contributed by atoms with van der Waals surface area (Å²) >= 11 is 0. The molecule has 13 heavy (non-hydrogen) atoms. The quantitative estimate of drug-likeness (QED) is 0.641. The van der Waals surface area contributed by atoms with Gasteiger partial charge in [0, 0.05) is 7.05 Å². The molecule has 0 aliphatic carbocycles. The van der Waals surface area contributed by atoms with E-state index >= 15 is 0 Å². The molecule has 0 N–H and O–H groups in total. The molecular formula is C6H6F3N3O. The molecule has 72 valence electrons. The molecule has 1 aromatic rings. The normalized spacial score (nSPS) is 11.8. The minimum Gasteiger partial charge on any atom is -0.261 e. The highest BCUT2D eigenvalue weighted by molar-refractivity contribution is 5.47. The van der Waals surface area contributed by atoms with Gasteiger partial charge in [-0.25, -0.2) is 0 Å². The number of rotatable bonds is 1. The molecule has 0 saturated carbocycles. The van der Waals surface area contributed by atoms with Crippen LogP contribution in [-0.4, -0.2) is 9.78 Å². The van der Waals surface area contributed by atoms with Crippen molar-refractivity contribution in [3.8, 4) is 0 Å². The van der Waals surface area contributed by atoms with Gasteiger partial charge in [0.1, 0.15) is 0 Å². The monoisotopic (exact) mass is 193 g/mol. The van der Waals surface area contributed by atoms with Crippen molar-refractivity contribution < 1.29 is 13.2 Å². The first kappa shape index (κ1) is 9.69. The molecule has 4 nitrogen and oxygen atoms in total. The lowest BCUT2D eigenvalue weighted by Gasteiger charge is -2.05. The fraction of sp³-hybridized carbons (Fsp3) is 0.500. The second-order valence-corrected chi connectivity index (χ2v) is 2.50. The number of nitroso groups, excluding NO2 is 1. The van der Waals surface area contributed by atoms with E-state index < -0.39 is 17.6 Å². The number of aromatic nitrogens is 2. The van der Waals surface area contributed by atoms with Crippen LogP contribution < -0.4 is 0 Å². The first-order valence-electron chi connectivity index (χ1n) is 3.32. The van der Waals surface area contributed by atoms with Gasteiger partial charge >= 0.3 is 6.18 Å². The largest absolute Gasteiger partial charge is 0.435 e. The SMILES string of the molecule is Cc1nn(C)c(C(F)(F)F)c1N=O. The minimum absolute atomic E-state index is 0.0233. The van der Waals surface area contributed by atoms with E-state index in [4.69, 9.17) is 0 Å². The maximum Gasteiger partial charge on any atom is 0.435 e. The van der Waals surface area contributed by atoms with Crippen LogP contribution in [-0.2, 0) is 13.2 Å². The molecule has 0 aromatic carbocycles. The predicted molar refractivity (Wildman–Crippen MR) is 38.4 cm³/mol. The van der Waals surface area contributed by atoms with Crippen LogP contribution in [0.4, 0.5) is 18.9 Å². The highest BCUT2D eigenvalue weighted by Gasteiger charge is 2.39. The van der Waals surface area contributed by atoms with Crippen LogP contribution in [0.2, 0.25) is 0 Å². The van der Waals surface area contributed by atoms with Gasteiger partial charge < -0.3 is 0 Å². The summed E-state index contributed by atoms with van der Waals surface area (Å²) in [6, 6.07) is 0. The Kier molecular flexibility index (Phi) is 2.10. The summed E-state index contributed by atoms with van der Waals surface area (Å²) in [5, 5.41) is 5.76. The summed E-state index contributed by atoms with van der Waals surface area (Å²) in [7, 11) is 1.12. The molecule has 1 aromatic heterocycles. The van der Waals surface area contributed by atoms with Crippen molar-refractivity contribution >= 4 is 5.69 Å². The fourth-order valence-electron chi connectivity index (χ4n) is 1.07. The maximum atomic E-state index is 12.2.